The molecule has 0 aliphatic carbocycles. The average Bonchev–Trinajstić information content (AvgIpc) is 2.83. The molecule has 2 N–H and O–H groups in total. The highest BCUT2D eigenvalue weighted by molar-refractivity contribution is 7.99. The zero-order valence-corrected chi connectivity index (χ0v) is 12.6. The average molecular weight is 277 g/mol. The topological polar surface area (TPSA) is 26.0 Å². The van der Waals surface area contributed by atoms with Gasteiger partial charge < -0.3 is 5.73 Å². The van der Waals surface area contributed by atoms with Crippen LogP contribution in [0.3, 0.4) is 0 Å². The zero-order valence-electron chi connectivity index (χ0n) is 11.0. The molecule has 96 valence electrons. The summed E-state index contributed by atoms with van der Waals surface area (Å²) in [6.07, 6.45) is 0. The Hall–Kier alpha value is -0.770. The van der Waals surface area contributed by atoms with Crippen LogP contribution >= 0.6 is 23.1 Å². The van der Waals surface area contributed by atoms with E-state index < -0.39 is 0 Å². The quantitative estimate of drug-likeness (QED) is 0.830. The fraction of sp³-hybridized carbons (Fsp3) is 0.333. The fourth-order valence-corrected chi connectivity index (χ4v) is 4.04. The predicted octanol–water partition coefficient (Wildman–Crippen LogP) is 4.55. The van der Waals surface area contributed by atoms with Gasteiger partial charge in [-0.25, -0.2) is 0 Å². The van der Waals surface area contributed by atoms with E-state index in [4.69, 9.17) is 5.73 Å². The van der Waals surface area contributed by atoms with Gasteiger partial charge in [0.1, 0.15) is 0 Å². The van der Waals surface area contributed by atoms with Crippen molar-refractivity contribution in [2.24, 2.45) is 5.73 Å². The summed E-state index contributed by atoms with van der Waals surface area (Å²) >= 11 is 3.65. The largest absolute Gasteiger partial charge is 0.327 e. The second-order valence-corrected chi connectivity index (χ2v) is 6.85. The monoisotopic (exact) mass is 277 g/mol. The van der Waals surface area contributed by atoms with Gasteiger partial charge in [0.15, 0.2) is 0 Å². The van der Waals surface area contributed by atoms with Crippen LogP contribution in [0.25, 0.3) is 0 Å². The first-order valence-corrected chi connectivity index (χ1v) is 7.87. The fourth-order valence-electron chi connectivity index (χ4n) is 1.81. The van der Waals surface area contributed by atoms with Crippen molar-refractivity contribution in [2.45, 2.75) is 37.0 Å². The van der Waals surface area contributed by atoms with E-state index in [1.165, 1.54) is 20.9 Å². The molecule has 0 saturated heterocycles. The number of benzene rings is 1. The van der Waals surface area contributed by atoms with Crippen molar-refractivity contribution in [3.8, 4) is 0 Å². The molecule has 1 aromatic heterocycles. The Balaban J connectivity index is 2.21. The first kappa shape index (κ1) is 13.7. The molecule has 1 nitrogen and oxygen atoms in total. The van der Waals surface area contributed by atoms with Gasteiger partial charge in [0.2, 0.25) is 0 Å². The number of hydrogen-bond donors (Lipinski definition) is 1. The highest BCUT2D eigenvalue weighted by atomic mass is 32.2. The van der Waals surface area contributed by atoms with Crippen LogP contribution in [-0.2, 0) is 0 Å². The summed E-state index contributed by atoms with van der Waals surface area (Å²) in [5, 5.41) is 2.46. The second kappa shape index (κ2) is 5.91. The molecule has 0 spiro atoms. The molecule has 0 saturated carbocycles. The van der Waals surface area contributed by atoms with E-state index in [1.54, 1.807) is 11.3 Å². The molecule has 0 aliphatic heterocycles. The lowest BCUT2D eigenvalue weighted by Crippen LogP contribution is -2.21. The minimum atomic E-state index is 0.148. The molecule has 18 heavy (non-hydrogen) atoms. The SMILES string of the molecule is Cc1ccc(SC(c2cccs2)C(C)N)cc1C. The van der Waals surface area contributed by atoms with Gasteiger partial charge in [-0.05, 0) is 55.5 Å². The van der Waals surface area contributed by atoms with E-state index >= 15 is 0 Å². The van der Waals surface area contributed by atoms with Gasteiger partial charge in [0.05, 0.1) is 5.25 Å². The molecule has 0 radical (unpaired) electrons. The Morgan fingerprint density at radius 1 is 1.17 bits per heavy atom. The Morgan fingerprint density at radius 3 is 2.50 bits per heavy atom. The number of nitrogens with two attached hydrogens (primary N) is 1. The van der Waals surface area contributed by atoms with E-state index in [0.717, 1.165) is 0 Å². The Bertz CT molecular complexity index is 503. The second-order valence-electron chi connectivity index (χ2n) is 4.66. The van der Waals surface area contributed by atoms with E-state index in [9.17, 15) is 0 Å². The van der Waals surface area contributed by atoms with Crippen molar-refractivity contribution in [3.05, 3.63) is 51.7 Å². The summed E-state index contributed by atoms with van der Waals surface area (Å²) in [4.78, 5) is 2.65. The van der Waals surface area contributed by atoms with Crippen LogP contribution in [0.15, 0.2) is 40.6 Å². The molecule has 0 bridgehead atoms. The highest BCUT2D eigenvalue weighted by Gasteiger charge is 2.18. The van der Waals surface area contributed by atoms with Crippen LogP contribution in [-0.4, -0.2) is 6.04 Å². The van der Waals surface area contributed by atoms with E-state index in [2.05, 4.69) is 56.5 Å². The van der Waals surface area contributed by atoms with Crippen LogP contribution in [0.2, 0.25) is 0 Å². The maximum atomic E-state index is 6.13. The van der Waals surface area contributed by atoms with Crippen molar-refractivity contribution in [1.29, 1.82) is 0 Å². The lowest BCUT2D eigenvalue weighted by atomic mass is 10.1. The summed E-state index contributed by atoms with van der Waals surface area (Å²) in [5.41, 5.74) is 8.81. The van der Waals surface area contributed by atoms with Crippen molar-refractivity contribution in [3.63, 3.8) is 0 Å². The van der Waals surface area contributed by atoms with Gasteiger partial charge in [-0.3, -0.25) is 0 Å². The smallest absolute Gasteiger partial charge is 0.0586 e. The van der Waals surface area contributed by atoms with Crippen LogP contribution in [0.1, 0.15) is 28.2 Å². The highest BCUT2D eigenvalue weighted by Crippen LogP contribution is 2.39. The molecule has 0 aliphatic rings. The molecule has 2 aromatic rings. The number of thiophene rings is 1. The molecular weight excluding hydrogens is 258 g/mol. The molecular formula is C15H19NS2. The number of thioether (sulfide) groups is 1. The van der Waals surface area contributed by atoms with Crippen LogP contribution in [0, 0.1) is 13.8 Å². The minimum absolute atomic E-state index is 0.148. The molecule has 0 fully saturated rings. The Labute approximate surface area is 117 Å². The zero-order chi connectivity index (χ0) is 13.1. The van der Waals surface area contributed by atoms with Crippen molar-refractivity contribution in [1.82, 2.24) is 0 Å². The Morgan fingerprint density at radius 2 is 1.94 bits per heavy atom. The first-order chi connectivity index (χ1) is 8.58. The van der Waals surface area contributed by atoms with Gasteiger partial charge in [0.25, 0.3) is 0 Å². The van der Waals surface area contributed by atoms with Crippen LogP contribution < -0.4 is 5.73 Å². The lowest BCUT2D eigenvalue weighted by Gasteiger charge is -2.19. The third kappa shape index (κ3) is 3.16. The number of rotatable bonds is 4. The molecule has 1 aromatic carbocycles. The van der Waals surface area contributed by atoms with Gasteiger partial charge in [-0.15, -0.1) is 23.1 Å². The first-order valence-electron chi connectivity index (χ1n) is 6.11. The normalized spacial score (nSPS) is 14.4. The summed E-state index contributed by atoms with van der Waals surface area (Å²) in [7, 11) is 0. The molecule has 2 rings (SSSR count). The van der Waals surface area contributed by atoms with Gasteiger partial charge in [-0.2, -0.15) is 0 Å². The summed E-state index contributed by atoms with van der Waals surface area (Å²) in [6.45, 7) is 6.38. The molecule has 2 atom stereocenters. The minimum Gasteiger partial charge on any atom is -0.327 e. The maximum absolute atomic E-state index is 6.13. The van der Waals surface area contributed by atoms with Crippen molar-refractivity contribution < 1.29 is 0 Å². The van der Waals surface area contributed by atoms with E-state index in [1.807, 2.05) is 11.8 Å². The van der Waals surface area contributed by atoms with Crippen LogP contribution in [0.4, 0.5) is 0 Å². The third-order valence-corrected chi connectivity index (χ3v) is 5.61. The Kier molecular flexibility index (Phi) is 4.49. The molecule has 3 heteroatoms. The number of aryl methyl sites for hydroxylation is 2. The predicted molar refractivity (Wildman–Crippen MR) is 82.5 cm³/mol. The van der Waals surface area contributed by atoms with E-state index in [0.29, 0.717) is 5.25 Å². The van der Waals surface area contributed by atoms with Crippen LogP contribution in [0.5, 0.6) is 0 Å². The summed E-state index contributed by atoms with van der Waals surface area (Å²) in [5.74, 6) is 0. The summed E-state index contributed by atoms with van der Waals surface area (Å²) < 4.78 is 0. The van der Waals surface area contributed by atoms with Crippen molar-refractivity contribution >= 4 is 23.1 Å². The molecule has 1 heterocycles. The lowest BCUT2D eigenvalue weighted by molar-refractivity contribution is 0.730. The third-order valence-electron chi connectivity index (χ3n) is 3.04. The van der Waals surface area contributed by atoms with Crippen molar-refractivity contribution in [2.75, 3.05) is 0 Å². The molecule has 2 unspecified atom stereocenters. The van der Waals surface area contributed by atoms with Gasteiger partial charge >= 0.3 is 0 Å². The standard InChI is InChI=1S/C15H19NS2/c1-10-6-7-13(9-11(10)2)18-15(12(3)16)14-5-4-8-17-14/h4-9,12,15H,16H2,1-3H3. The molecule has 0 amide bonds. The summed E-state index contributed by atoms with van der Waals surface area (Å²) in [6, 6.07) is 11.0. The van der Waals surface area contributed by atoms with Gasteiger partial charge in [0, 0.05) is 15.8 Å². The van der Waals surface area contributed by atoms with E-state index in [-0.39, 0.29) is 6.04 Å². The number of hydrogen-bond acceptors (Lipinski definition) is 3. The van der Waals surface area contributed by atoms with Gasteiger partial charge in [-0.1, -0.05) is 12.1 Å². The maximum Gasteiger partial charge on any atom is 0.0586 e.